The van der Waals surface area contributed by atoms with Crippen molar-refractivity contribution in [3.8, 4) is 0 Å². The molecule has 2 saturated heterocycles. The molecule has 0 radical (unpaired) electrons. The minimum Gasteiger partial charge on any atom is -0.394 e. The molecule has 40 heavy (non-hydrogen) atoms. The van der Waals surface area contributed by atoms with Gasteiger partial charge in [-0.1, -0.05) is 0 Å². The van der Waals surface area contributed by atoms with Gasteiger partial charge in [-0.25, -0.2) is 13.9 Å². The second-order valence-corrected chi connectivity index (χ2v) is 11.6. The van der Waals surface area contributed by atoms with Crippen LogP contribution in [0.1, 0.15) is 13.2 Å². The first-order valence-electron chi connectivity index (χ1n) is 11.2. The summed E-state index contributed by atoms with van der Waals surface area (Å²) in [6.07, 6.45) is -13.4. The van der Waals surface area contributed by atoms with E-state index in [1.165, 1.54) is 0 Å². The molecule has 11 N–H and O–H groups in total. The molecule has 0 bridgehead atoms. The summed E-state index contributed by atoms with van der Waals surface area (Å²) >= 11 is 0. The molecular formula is C17H28N4O17P2. The van der Waals surface area contributed by atoms with Crippen LogP contribution in [0, 0.1) is 0 Å². The molecule has 3 rings (SSSR count). The molecule has 2 aliphatic heterocycles. The fraction of sp³-hybridized carbons (Fsp3) is 0.706. The van der Waals surface area contributed by atoms with Gasteiger partial charge in [0.05, 0.1) is 13.2 Å². The summed E-state index contributed by atoms with van der Waals surface area (Å²) in [6, 6.07) is -1.70. The van der Waals surface area contributed by atoms with Crippen LogP contribution in [0.15, 0.2) is 15.8 Å². The smallest absolute Gasteiger partial charge is 0.394 e. The molecule has 0 saturated carbocycles. The number of hydrogen-bond acceptors (Lipinski definition) is 16. The number of phosphoric ester groups is 2. The first-order valence-corrected chi connectivity index (χ1v) is 14.2. The molecule has 0 aromatic carbocycles. The number of phosphoric acid groups is 2. The molecule has 7 unspecified atom stereocenters. The second kappa shape index (κ2) is 12.4. The van der Waals surface area contributed by atoms with Crippen LogP contribution in [0.2, 0.25) is 0 Å². The van der Waals surface area contributed by atoms with Crippen molar-refractivity contribution >= 4 is 27.2 Å². The first kappa shape index (κ1) is 32.4. The first-order chi connectivity index (χ1) is 18.5. The van der Waals surface area contributed by atoms with Crippen molar-refractivity contribution in [2.75, 3.05) is 18.9 Å². The van der Waals surface area contributed by atoms with Gasteiger partial charge in [-0.05, 0) is 0 Å². The molecule has 1 amide bonds. The number of nitrogens with one attached hydrogen (secondary N) is 2. The number of anilines is 1. The number of aliphatic hydroxyl groups excluding tert-OH is 5. The predicted molar refractivity (Wildman–Crippen MR) is 125 cm³/mol. The number of ether oxygens (including phenoxy) is 2. The van der Waals surface area contributed by atoms with Gasteiger partial charge in [0, 0.05) is 13.1 Å². The zero-order chi connectivity index (χ0) is 30.2. The molecule has 2 aliphatic rings. The Bertz CT molecular complexity index is 1290. The van der Waals surface area contributed by atoms with Crippen molar-refractivity contribution in [1.82, 2.24) is 14.9 Å². The fourth-order valence-electron chi connectivity index (χ4n) is 3.82. The van der Waals surface area contributed by atoms with Crippen LogP contribution in [0.3, 0.4) is 0 Å². The van der Waals surface area contributed by atoms with Crippen LogP contribution in [0.25, 0.3) is 0 Å². The number of nitrogens with two attached hydrogens (primary N) is 1. The minimum atomic E-state index is -5.65. The molecule has 1 aromatic rings. The maximum Gasteiger partial charge on any atom is 0.483 e. The Morgan fingerprint density at radius 2 is 1.70 bits per heavy atom. The van der Waals surface area contributed by atoms with Crippen molar-refractivity contribution in [3.05, 3.63) is 27.0 Å². The maximum absolute atomic E-state index is 12.5. The highest BCUT2D eigenvalue weighted by atomic mass is 31.3. The van der Waals surface area contributed by atoms with Gasteiger partial charge in [-0.2, -0.15) is 4.31 Å². The van der Waals surface area contributed by atoms with Crippen molar-refractivity contribution in [1.29, 1.82) is 0 Å². The number of carbonyl (C=O) groups is 1. The van der Waals surface area contributed by atoms with Crippen molar-refractivity contribution in [3.63, 3.8) is 0 Å². The zero-order valence-electron chi connectivity index (χ0n) is 20.3. The molecule has 3 heterocycles. The van der Waals surface area contributed by atoms with E-state index in [-0.39, 0.29) is 0 Å². The normalized spacial score (nSPS) is 35.5. The van der Waals surface area contributed by atoms with Crippen LogP contribution in [-0.2, 0) is 36.8 Å². The quantitative estimate of drug-likeness (QED) is 0.109. The molecule has 23 heteroatoms. The van der Waals surface area contributed by atoms with Crippen molar-refractivity contribution < 1.29 is 72.1 Å². The van der Waals surface area contributed by atoms with Crippen LogP contribution >= 0.6 is 15.6 Å². The second-order valence-electron chi connectivity index (χ2n) is 8.65. The van der Waals surface area contributed by atoms with Gasteiger partial charge < -0.3 is 55.8 Å². The van der Waals surface area contributed by atoms with Crippen LogP contribution in [-0.4, -0.2) is 113 Å². The Kier molecular flexibility index (Phi) is 10.1. The molecule has 11 atom stereocenters. The third-order valence-corrected chi connectivity index (χ3v) is 8.30. The third kappa shape index (κ3) is 7.41. The van der Waals surface area contributed by atoms with Crippen molar-refractivity contribution in [2.24, 2.45) is 0 Å². The van der Waals surface area contributed by atoms with Gasteiger partial charge in [-0.3, -0.25) is 28.2 Å². The Hall–Kier alpha value is -2.07. The van der Waals surface area contributed by atoms with Gasteiger partial charge in [0.25, 0.3) is 5.56 Å². The number of rotatable bonds is 10. The third-order valence-electron chi connectivity index (χ3n) is 5.70. The predicted octanol–water partition coefficient (Wildman–Crippen LogP) is -5.07. The van der Waals surface area contributed by atoms with E-state index in [0.717, 1.165) is 13.1 Å². The average Bonchev–Trinajstić information content (AvgIpc) is 3.12. The molecule has 2 fully saturated rings. The standard InChI is InChI=1S/C17H28N4O17P2/c1-5(23)19-9-12(26)10(24)7(3-22)36-16(9)37-40(32,33)38-39(30,31)34-4-8-11(25)13(27)15(35-8)21-2-6(18)14(28)20-17(21)29/h2,7-13,15-16,22,24-27H,3-4,18H2,1H3,(H,19,23)(H,30,31)(H,32,33)(H,20,28,29)/t7?,8-,9?,10?,11-,12?,13-,15-,16?/m1/s1. The lowest BCUT2D eigenvalue weighted by Gasteiger charge is -2.42. The summed E-state index contributed by atoms with van der Waals surface area (Å²) in [7, 11) is -11.2. The van der Waals surface area contributed by atoms with E-state index in [1.54, 1.807) is 0 Å². The number of aliphatic hydroxyl groups is 5. The number of carbonyl (C=O) groups excluding carboxylic acids is 1. The van der Waals surface area contributed by atoms with Gasteiger partial charge >= 0.3 is 21.3 Å². The number of nitrogen functional groups attached to an aromatic ring is 1. The van der Waals surface area contributed by atoms with E-state index >= 15 is 0 Å². The van der Waals surface area contributed by atoms with Gasteiger partial charge in [-0.15, -0.1) is 0 Å². The lowest BCUT2D eigenvalue weighted by atomic mass is 9.97. The molecule has 0 aliphatic carbocycles. The van der Waals surface area contributed by atoms with Crippen LogP contribution < -0.4 is 22.3 Å². The molecule has 228 valence electrons. The van der Waals surface area contributed by atoms with Crippen LogP contribution in [0.5, 0.6) is 0 Å². The summed E-state index contributed by atoms with van der Waals surface area (Å²) in [5.41, 5.74) is 2.99. The van der Waals surface area contributed by atoms with Gasteiger partial charge in [0.15, 0.2) is 12.5 Å². The van der Waals surface area contributed by atoms with Gasteiger partial charge in [0.1, 0.15) is 48.4 Å². The summed E-state index contributed by atoms with van der Waals surface area (Å²) in [5, 5.41) is 52.0. The number of aromatic nitrogens is 2. The largest absolute Gasteiger partial charge is 0.483 e. The van der Waals surface area contributed by atoms with Crippen molar-refractivity contribution in [2.45, 2.75) is 62.1 Å². The maximum atomic E-state index is 12.5. The summed E-state index contributed by atoms with van der Waals surface area (Å²) < 4.78 is 49.1. The molecule has 1 aromatic heterocycles. The van der Waals surface area contributed by atoms with E-state index in [1.807, 2.05) is 4.98 Å². The van der Waals surface area contributed by atoms with E-state index < -0.39 is 107 Å². The Morgan fingerprint density at radius 1 is 1.07 bits per heavy atom. The Labute approximate surface area is 222 Å². The molecule has 0 spiro atoms. The minimum absolute atomic E-state index is 0.438. The van der Waals surface area contributed by atoms with Gasteiger partial charge in [0.2, 0.25) is 5.91 Å². The summed E-state index contributed by atoms with van der Waals surface area (Å²) in [6.45, 7) is -0.984. The SMILES string of the molecule is CC(=O)NC1C(OP(=O)(O)OP(=O)(O)OC[C@H]2O[C@@H](n3cc(N)c(=O)[nH]c3=O)[C@H](O)[C@@H]2O)OC(CO)C(O)C1O. The average molecular weight is 622 g/mol. The lowest BCUT2D eigenvalue weighted by molar-refractivity contribution is -0.247. The van der Waals surface area contributed by atoms with E-state index in [9.17, 15) is 58.8 Å². The number of aromatic amines is 1. The van der Waals surface area contributed by atoms with E-state index in [2.05, 4.69) is 18.7 Å². The zero-order valence-corrected chi connectivity index (χ0v) is 22.1. The number of amides is 1. The molecule has 21 nitrogen and oxygen atoms in total. The fourth-order valence-corrected chi connectivity index (χ4v) is 5.98. The Balaban J connectivity index is 1.67. The topological polar surface area (TPSA) is 332 Å². The number of H-pyrrole nitrogens is 1. The molecular weight excluding hydrogens is 594 g/mol. The van der Waals surface area contributed by atoms with E-state index in [4.69, 9.17) is 15.2 Å². The highest BCUT2D eigenvalue weighted by molar-refractivity contribution is 7.61. The number of nitrogens with zero attached hydrogens (tertiary/aromatic N) is 1. The van der Waals surface area contributed by atoms with Crippen LogP contribution in [0.4, 0.5) is 5.69 Å². The highest BCUT2D eigenvalue weighted by Crippen LogP contribution is 2.61. The summed E-state index contributed by atoms with van der Waals surface area (Å²) in [5.74, 6) is -0.803. The highest BCUT2D eigenvalue weighted by Gasteiger charge is 2.50. The Morgan fingerprint density at radius 3 is 2.30 bits per heavy atom. The monoisotopic (exact) mass is 622 g/mol. The summed E-state index contributed by atoms with van der Waals surface area (Å²) in [4.78, 5) is 56.7. The van der Waals surface area contributed by atoms with E-state index in [0.29, 0.717) is 4.57 Å². The number of hydrogen-bond donors (Lipinski definition) is 10. The lowest BCUT2D eigenvalue weighted by Crippen LogP contribution is -2.64.